The van der Waals surface area contributed by atoms with Crippen LogP contribution in [0.1, 0.15) is 5.56 Å². The number of alkyl halides is 3. The van der Waals surface area contributed by atoms with Gasteiger partial charge < -0.3 is 16.2 Å². The first-order chi connectivity index (χ1) is 8.62. The van der Waals surface area contributed by atoms with Crippen molar-refractivity contribution < 1.29 is 23.1 Å². The second-order valence-corrected chi connectivity index (χ2v) is 3.86. The predicted octanol–water partition coefficient (Wildman–Crippen LogP) is 1.87. The van der Waals surface area contributed by atoms with E-state index in [0.29, 0.717) is 17.2 Å². The maximum absolute atomic E-state index is 12.5. The number of nitrogens with two attached hydrogens (primary N) is 1. The number of aromatic nitrogens is 1. The standard InChI is InChI=1S/C9H9F3N4O2S/c1-16(8(17)18)5-2-4(9(10,11)12)3-14-6(5)15-7(13)19/h2-3H,1H3,(H,17,18)(H3,13,14,15,19). The first kappa shape index (κ1) is 15.0. The Morgan fingerprint density at radius 3 is 2.58 bits per heavy atom. The summed E-state index contributed by atoms with van der Waals surface area (Å²) in [6.45, 7) is 0. The zero-order valence-corrected chi connectivity index (χ0v) is 10.3. The number of hydrogen-bond acceptors (Lipinski definition) is 3. The van der Waals surface area contributed by atoms with Crippen molar-refractivity contribution in [2.45, 2.75) is 6.18 Å². The maximum atomic E-state index is 12.5. The van der Waals surface area contributed by atoms with Crippen molar-refractivity contribution in [1.82, 2.24) is 4.98 Å². The van der Waals surface area contributed by atoms with Gasteiger partial charge in [0.15, 0.2) is 10.9 Å². The normalized spacial score (nSPS) is 10.9. The summed E-state index contributed by atoms with van der Waals surface area (Å²) in [5.41, 5.74) is 3.80. The van der Waals surface area contributed by atoms with Crippen LogP contribution in [0.4, 0.5) is 29.5 Å². The summed E-state index contributed by atoms with van der Waals surface area (Å²) in [6, 6.07) is 0.641. The molecule has 0 aliphatic carbocycles. The second-order valence-electron chi connectivity index (χ2n) is 3.42. The quantitative estimate of drug-likeness (QED) is 0.721. The van der Waals surface area contributed by atoms with Crippen molar-refractivity contribution in [3.8, 4) is 0 Å². The van der Waals surface area contributed by atoms with Crippen molar-refractivity contribution in [3.05, 3.63) is 17.8 Å². The lowest BCUT2D eigenvalue weighted by molar-refractivity contribution is -0.137. The molecule has 104 valence electrons. The topological polar surface area (TPSA) is 91.5 Å². The number of rotatable bonds is 2. The van der Waals surface area contributed by atoms with Gasteiger partial charge in [-0.2, -0.15) is 13.2 Å². The summed E-state index contributed by atoms with van der Waals surface area (Å²) >= 11 is 4.53. The molecular formula is C9H9F3N4O2S. The van der Waals surface area contributed by atoms with Crippen LogP contribution >= 0.6 is 12.2 Å². The van der Waals surface area contributed by atoms with E-state index in [4.69, 9.17) is 10.8 Å². The number of halogens is 3. The molecule has 0 unspecified atom stereocenters. The Morgan fingerprint density at radius 1 is 1.58 bits per heavy atom. The summed E-state index contributed by atoms with van der Waals surface area (Å²) in [4.78, 5) is 14.9. The molecule has 0 saturated carbocycles. The molecule has 0 bridgehead atoms. The van der Waals surface area contributed by atoms with Crippen LogP contribution in [0, 0.1) is 0 Å². The molecule has 1 heterocycles. The molecular weight excluding hydrogens is 285 g/mol. The highest BCUT2D eigenvalue weighted by Crippen LogP contribution is 2.33. The highest BCUT2D eigenvalue weighted by Gasteiger charge is 2.32. The molecule has 0 saturated heterocycles. The van der Waals surface area contributed by atoms with Crippen molar-refractivity contribution in [3.63, 3.8) is 0 Å². The molecule has 19 heavy (non-hydrogen) atoms. The number of pyridine rings is 1. The summed E-state index contributed by atoms with van der Waals surface area (Å²) < 4.78 is 37.6. The molecule has 0 fully saturated rings. The van der Waals surface area contributed by atoms with Crippen LogP contribution in [0.25, 0.3) is 0 Å². The Labute approximate surface area is 111 Å². The van der Waals surface area contributed by atoms with Crippen molar-refractivity contribution in [2.75, 3.05) is 17.3 Å². The lowest BCUT2D eigenvalue weighted by Crippen LogP contribution is -2.28. The third kappa shape index (κ3) is 3.68. The predicted molar refractivity (Wildman–Crippen MR) is 66.1 cm³/mol. The zero-order chi connectivity index (χ0) is 14.8. The summed E-state index contributed by atoms with van der Waals surface area (Å²) in [5, 5.41) is 10.9. The zero-order valence-electron chi connectivity index (χ0n) is 9.52. The van der Waals surface area contributed by atoms with Gasteiger partial charge >= 0.3 is 12.3 Å². The van der Waals surface area contributed by atoms with Gasteiger partial charge in [0.25, 0.3) is 0 Å². The number of hydrogen-bond donors (Lipinski definition) is 3. The van der Waals surface area contributed by atoms with E-state index in [1.54, 1.807) is 0 Å². The van der Waals surface area contributed by atoms with Crippen LogP contribution in [0.3, 0.4) is 0 Å². The molecule has 0 aliphatic rings. The average molecular weight is 294 g/mol. The molecule has 4 N–H and O–H groups in total. The highest BCUT2D eigenvalue weighted by molar-refractivity contribution is 7.80. The number of nitrogens with one attached hydrogen (secondary N) is 1. The number of carboxylic acid groups (broad SMARTS) is 1. The van der Waals surface area contributed by atoms with E-state index in [9.17, 15) is 18.0 Å². The number of amides is 1. The fourth-order valence-corrected chi connectivity index (χ4v) is 1.28. The Kier molecular flexibility index (Phi) is 4.14. The number of nitrogens with zero attached hydrogens (tertiary/aromatic N) is 2. The fourth-order valence-electron chi connectivity index (χ4n) is 1.18. The average Bonchev–Trinajstić information content (AvgIpc) is 2.26. The Bertz CT molecular complexity index is 521. The van der Waals surface area contributed by atoms with E-state index < -0.39 is 17.8 Å². The van der Waals surface area contributed by atoms with Crippen molar-refractivity contribution in [1.29, 1.82) is 0 Å². The van der Waals surface area contributed by atoms with Gasteiger partial charge in [0, 0.05) is 13.2 Å². The van der Waals surface area contributed by atoms with Gasteiger partial charge in [0.05, 0.1) is 11.3 Å². The third-order valence-electron chi connectivity index (χ3n) is 2.08. The van der Waals surface area contributed by atoms with Crippen LogP contribution in [0.15, 0.2) is 12.3 Å². The lowest BCUT2D eigenvalue weighted by Gasteiger charge is -2.18. The lowest BCUT2D eigenvalue weighted by atomic mass is 10.2. The van der Waals surface area contributed by atoms with E-state index in [1.807, 2.05) is 0 Å². The molecule has 1 amide bonds. The summed E-state index contributed by atoms with van der Waals surface area (Å²) in [7, 11) is 1.07. The molecule has 0 atom stereocenters. The van der Waals surface area contributed by atoms with Crippen LogP contribution < -0.4 is 16.0 Å². The molecule has 1 rings (SSSR count). The molecule has 1 aromatic rings. The largest absolute Gasteiger partial charge is 0.465 e. The van der Waals surface area contributed by atoms with Crippen LogP contribution in [-0.4, -0.2) is 28.3 Å². The molecule has 1 aromatic heterocycles. The van der Waals surface area contributed by atoms with Gasteiger partial charge in [-0.05, 0) is 18.3 Å². The number of anilines is 2. The van der Waals surface area contributed by atoms with Crippen LogP contribution in [0.5, 0.6) is 0 Å². The fraction of sp³-hybridized carbons (Fsp3) is 0.222. The van der Waals surface area contributed by atoms with Crippen LogP contribution in [-0.2, 0) is 6.18 Å². The van der Waals surface area contributed by atoms with Gasteiger partial charge in [-0.3, -0.25) is 4.90 Å². The smallest absolute Gasteiger partial charge is 0.417 e. The molecule has 0 aromatic carbocycles. The minimum absolute atomic E-state index is 0.176. The Hall–Kier alpha value is -2.10. The highest BCUT2D eigenvalue weighted by atomic mass is 32.1. The third-order valence-corrected chi connectivity index (χ3v) is 2.19. The number of thiocarbonyl (C=S) groups is 1. The van der Waals surface area contributed by atoms with Gasteiger partial charge in [0.1, 0.15) is 0 Å². The van der Waals surface area contributed by atoms with Gasteiger partial charge in [-0.15, -0.1) is 0 Å². The van der Waals surface area contributed by atoms with Gasteiger partial charge in [0.2, 0.25) is 0 Å². The Morgan fingerprint density at radius 2 is 2.16 bits per heavy atom. The van der Waals surface area contributed by atoms with E-state index in [-0.39, 0.29) is 16.6 Å². The first-order valence-electron chi connectivity index (χ1n) is 4.73. The number of carbonyl (C=O) groups is 1. The van der Waals surface area contributed by atoms with Gasteiger partial charge in [-0.1, -0.05) is 0 Å². The molecule has 0 aliphatic heterocycles. The molecule has 0 radical (unpaired) electrons. The summed E-state index contributed by atoms with van der Waals surface area (Å²) in [6.07, 6.45) is -5.53. The van der Waals surface area contributed by atoms with Gasteiger partial charge in [-0.25, -0.2) is 9.78 Å². The molecule has 10 heteroatoms. The van der Waals surface area contributed by atoms with Crippen molar-refractivity contribution >= 4 is 34.9 Å². The molecule has 0 spiro atoms. The Balaban J connectivity index is 3.33. The maximum Gasteiger partial charge on any atom is 0.417 e. The van der Waals surface area contributed by atoms with E-state index in [0.717, 1.165) is 7.05 Å². The first-order valence-corrected chi connectivity index (χ1v) is 5.14. The minimum Gasteiger partial charge on any atom is -0.465 e. The van der Waals surface area contributed by atoms with E-state index in [1.165, 1.54) is 0 Å². The monoisotopic (exact) mass is 294 g/mol. The second kappa shape index (κ2) is 5.26. The SMILES string of the molecule is CN(C(=O)O)c1cc(C(F)(F)F)cnc1NC(N)=S. The minimum atomic E-state index is -4.64. The summed E-state index contributed by atoms with van der Waals surface area (Å²) in [5.74, 6) is -0.176. The van der Waals surface area contributed by atoms with E-state index >= 15 is 0 Å². The molecule has 6 nitrogen and oxygen atoms in total. The van der Waals surface area contributed by atoms with Crippen molar-refractivity contribution in [2.24, 2.45) is 5.73 Å². The van der Waals surface area contributed by atoms with E-state index in [2.05, 4.69) is 22.5 Å². The van der Waals surface area contributed by atoms with Crippen LogP contribution in [0.2, 0.25) is 0 Å².